The lowest BCUT2D eigenvalue weighted by molar-refractivity contribution is -0.132. The van der Waals surface area contributed by atoms with E-state index in [1.807, 2.05) is 0 Å². The number of amides is 3. The predicted molar refractivity (Wildman–Crippen MR) is 57.2 cm³/mol. The van der Waals surface area contributed by atoms with Crippen LogP contribution in [0.5, 0.6) is 0 Å². The number of rotatable bonds is 4. The Morgan fingerprint density at radius 1 is 1.69 bits per heavy atom. The molecule has 88 valence electrons. The number of likely N-dealkylation sites (N-methyl/N-ethyl adjacent to an activating group) is 1. The maximum Gasteiger partial charge on any atom is 0.312 e. The van der Waals surface area contributed by atoms with Crippen LogP contribution in [0, 0.1) is 0 Å². The van der Waals surface area contributed by atoms with E-state index < -0.39 is 12.1 Å². The Hall–Kier alpha value is -2.05. The van der Waals surface area contributed by atoms with Gasteiger partial charge in [-0.3, -0.25) is 4.79 Å². The lowest BCUT2D eigenvalue weighted by atomic mass is 10.3. The molecule has 1 atom stereocenters. The SMILES string of the molecule is CC(NC(N)=O)C(=O)N(C)Cc1ncc[nH]1. The number of carbonyl (C=O) groups excluding carboxylic acids is 2. The summed E-state index contributed by atoms with van der Waals surface area (Å²) in [5.74, 6) is 0.456. The summed E-state index contributed by atoms with van der Waals surface area (Å²) in [6, 6.07) is -1.36. The van der Waals surface area contributed by atoms with Crippen LogP contribution in [-0.2, 0) is 11.3 Å². The summed E-state index contributed by atoms with van der Waals surface area (Å²) in [6.45, 7) is 1.93. The monoisotopic (exact) mass is 225 g/mol. The van der Waals surface area contributed by atoms with E-state index in [0.29, 0.717) is 12.4 Å². The summed E-state index contributed by atoms with van der Waals surface area (Å²) in [4.78, 5) is 30.6. The number of aromatic amines is 1. The average Bonchev–Trinajstić information content (AvgIpc) is 2.68. The smallest absolute Gasteiger partial charge is 0.312 e. The van der Waals surface area contributed by atoms with Gasteiger partial charge in [0.2, 0.25) is 5.91 Å². The maximum atomic E-state index is 11.7. The van der Waals surface area contributed by atoms with Gasteiger partial charge in [0.05, 0.1) is 6.54 Å². The van der Waals surface area contributed by atoms with Gasteiger partial charge in [-0.25, -0.2) is 9.78 Å². The fourth-order valence-corrected chi connectivity index (χ4v) is 1.29. The number of imidazole rings is 1. The van der Waals surface area contributed by atoms with E-state index in [0.717, 1.165) is 0 Å². The molecule has 0 saturated heterocycles. The van der Waals surface area contributed by atoms with Gasteiger partial charge in [0.15, 0.2) is 0 Å². The Kier molecular flexibility index (Phi) is 3.87. The van der Waals surface area contributed by atoms with E-state index >= 15 is 0 Å². The maximum absolute atomic E-state index is 11.7. The third-order valence-electron chi connectivity index (χ3n) is 2.05. The van der Waals surface area contributed by atoms with Crippen molar-refractivity contribution < 1.29 is 9.59 Å². The molecule has 0 aliphatic rings. The van der Waals surface area contributed by atoms with E-state index in [9.17, 15) is 9.59 Å². The fourth-order valence-electron chi connectivity index (χ4n) is 1.29. The summed E-state index contributed by atoms with van der Waals surface area (Å²) in [6.07, 6.45) is 3.29. The van der Waals surface area contributed by atoms with Gasteiger partial charge in [-0.05, 0) is 6.92 Å². The van der Waals surface area contributed by atoms with Gasteiger partial charge >= 0.3 is 6.03 Å². The van der Waals surface area contributed by atoms with Crippen molar-refractivity contribution in [2.24, 2.45) is 5.73 Å². The first-order chi connectivity index (χ1) is 7.50. The third-order valence-corrected chi connectivity index (χ3v) is 2.05. The first-order valence-electron chi connectivity index (χ1n) is 4.80. The Morgan fingerprint density at radius 3 is 2.88 bits per heavy atom. The average molecular weight is 225 g/mol. The number of hydrogen-bond acceptors (Lipinski definition) is 3. The molecule has 0 spiro atoms. The van der Waals surface area contributed by atoms with Crippen molar-refractivity contribution in [3.8, 4) is 0 Å². The van der Waals surface area contributed by atoms with Crippen molar-refractivity contribution in [3.63, 3.8) is 0 Å². The van der Waals surface area contributed by atoms with E-state index in [4.69, 9.17) is 5.73 Å². The quantitative estimate of drug-likeness (QED) is 0.638. The van der Waals surface area contributed by atoms with Crippen LogP contribution >= 0.6 is 0 Å². The second kappa shape index (κ2) is 5.15. The van der Waals surface area contributed by atoms with Crippen LogP contribution in [0.1, 0.15) is 12.7 Å². The molecule has 3 amide bonds. The molecule has 0 aliphatic carbocycles. The number of carbonyl (C=O) groups is 2. The van der Waals surface area contributed by atoms with Gasteiger partial charge in [-0.2, -0.15) is 0 Å². The first kappa shape index (κ1) is 12.0. The standard InChI is InChI=1S/C9H15N5O2/c1-6(13-9(10)16)8(15)14(2)5-7-11-3-4-12-7/h3-4,6H,5H2,1-2H3,(H,11,12)(H3,10,13,16). The number of H-pyrrole nitrogens is 1. The third kappa shape index (κ3) is 3.26. The summed E-state index contributed by atoms with van der Waals surface area (Å²) in [5.41, 5.74) is 4.93. The van der Waals surface area contributed by atoms with Crippen LogP contribution in [-0.4, -0.2) is 39.9 Å². The summed E-state index contributed by atoms with van der Waals surface area (Å²) in [5, 5.41) is 2.32. The van der Waals surface area contributed by atoms with Gasteiger partial charge < -0.3 is 20.9 Å². The molecule has 16 heavy (non-hydrogen) atoms. The summed E-state index contributed by atoms with van der Waals surface area (Å²) in [7, 11) is 1.63. The Labute approximate surface area is 93.0 Å². The lowest BCUT2D eigenvalue weighted by Crippen LogP contribution is -2.47. The molecule has 4 N–H and O–H groups in total. The predicted octanol–water partition coefficient (Wildman–Crippen LogP) is -0.575. The van der Waals surface area contributed by atoms with Gasteiger partial charge in [-0.1, -0.05) is 0 Å². The van der Waals surface area contributed by atoms with Crippen LogP contribution in [0.3, 0.4) is 0 Å². The molecule has 0 bridgehead atoms. The molecular formula is C9H15N5O2. The molecule has 0 aliphatic heterocycles. The molecule has 1 aromatic rings. The van der Waals surface area contributed by atoms with E-state index in [1.165, 1.54) is 4.90 Å². The van der Waals surface area contributed by atoms with Gasteiger partial charge in [0, 0.05) is 19.4 Å². The fraction of sp³-hybridized carbons (Fsp3) is 0.444. The van der Waals surface area contributed by atoms with E-state index in [-0.39, 0.29) is 5.91 Å². The van der Waals surface area contributed by atoms with Crippen molar-refractivity contribution >= 4 is 11.9 Å². The molecule has 1 aromatic heterocycles. The van der Waals surface area contributed by atoms with Gasteiger partial charge in [-0.15, -0.1) is 0 Å². The van der Waals surface area contributed by atoms with Crippen LogP contribution in [0.15, 0.2) is 12.4 Å². The van der Waals surface area contributed by atoms with E-state index in [1.54, 1.807) is 26.4 Å². The van der Waals surface area contributed by atoms with Crippen molar-refractivity contribution in [1.82, 2.24) is 20.2 Å². The lowest BCUT2D eigenvalue weighted by Gasteiger charge is -2.20. The zero-order valence-corrected chi connectivity index (χ0v) is 9.23. The minimum atomic E-state index is -0.716. The highest BCUT2D eigenvalue weighted by molar-refractivity contribution is 5.85. The highest BCUT2D eigenvalue weighted by Crippen LogP contribution is 1.98. The van der Waals surface area contributed by atoms with Crippen LogP contribution in [0.25, 0.3) is 0 Å². The molecule has 1 rings (SSSR count). The first-order valence-corrected chi connectivity index (χ1v) is 4.80. The van der Waals surface area contributed by atoms with Gasteiger partial charge in [0.25, 0.3) is 0 Å². The number of nitrogens with one attached hydrogen (secondary N) is 2. The molecule has 0 aromatic carbocycles. The second-order valence-corrected chi connectivity index (χ2v) is 3.46. The highest BCUT2D eigenvalue weighted by atomic mass is 16.2. The molecule has 1 unspecified atom stereocenters. The molecule has 7 nitrogen and oxygen atoms in total. The number of urea groups is 1. The molecule has 0 radical (unpaired) electrons. The Balaban J connectivity index is 2.50. The van der Waals surface area contributed by atoms with Crippen molar-refractivity contribution in [1.29, 1.82) is 0 Å². The number of primary amides is 1. The number of nitrogens with zero attached hydrogens (tertiary/aromatic N) is 2. The van der Waals surface area contributed by atoms with Crippen molar-refractivity contribution in [2.45, 2.75) is 19.5 Å². The Bertz CT molecular complexity index is 362. The highest BCUT2D eigenvalue weighted by Gasteiger charge is 2.18. The zero-order valence-electron chi connectivity index (χ0n) is 9.23. The molecule has 0 saturated carbocycles. The second-order valence-electron chi connectivity index (χ2n) is 3.46. The normalized spacial score (nSPS) is 11.9. The van der Waals surface area contributed by atoms with Crippen molar-refractivity contribution in [3.05, 3.63) is 18.2 Å². The minimum absolute atomic E-state index is 0.227. The molecule has 0 fully saturated rings. The largest absolute Gasteiger partial charge is 0.352 e. The van der Waals surface area contributed by atoms with Crippen LogP contribution in [0.2, 0.25) is 0 Å². The summed E-state index contributed by atoms with van der Waals surface area (Å²) >= 11 is 0. The van der Waals surface area contributed by atoms with Crippen molar-refractivity contribution in [2.75, 3.05) is 7.05 Å². The van der Waals surface area contributed by atoms with Crippen LogP contribution < -0.4 is 11.1 Å². The zero-order chi connectivity index (χ0) is 12.1. The van der Waals surface area contributed by atoms with E-state index in [2.05, 4.69) is 15.3 Å². The molecule has 1 heterocycles. The minimum Gasteiger partial charge on any atom is -0.352 e. The van der Waals surface area contributed by atoms with Gasteiger partial charge in [0.1, 0.15) is 11.9 Å². The number of aromatic nitrogens is 2. The van der Waals surface area contributed by atoms with Crippen LogP contribution in [0.4, 0.5) is 4.79 Å². The Morgan fingerprint density at radius 2 is 2.38 bits per heavy atom. The molecular weight excluding hydrogens is 210 g/mol. The topological polar surface area (TPSA) is 104 Å². The number of hydrogen-bond donors (Lipinski definition) is 3. The summed E-state index contributed by atoms with van der Waals surface area (Å²) < 4.78 is 0. The molecule has 7 heteroatoms. The number of nitrogens with two attached hydrogens (primary N) is 1.